The molecule has 0 saturated carbocycles. The van der Waals surface area contributed by atoms with Crippen molar-refractivity contribution >= 4 is 11.6 Å². The number of hydrogen-bond donors (Lipinski definition) is 0. The summed E-state index contributed by atoms with van der Waals surface area (Å²) in [5.41, 5.74) is -0.0870. The van der Waals surface area contributed by atoms with Crippen LogP contribution in [0.5, 0.6) is 0 Å². The number of rotatable bonds is 0. The maximum absolute atomic E-state index is 8.29. The van der Waals surface area contributed by atoms with Crippen LogP contribution in [-0.2, 0) is 0 Å². The van der Waals surface area contributed by atoms with Crippen molar-refractivity contribution in [1.82, 2.24) is 0 Å². The first-order valence-corrected chi connectivity index (χ1v) is 2.96. The van der Waals surface area contributed by atoms with Crippen molar-refractivity contribution < 1.29 is 0 Å². The minimum atomic E-state index is -0.373. The van der Waals surface area contributed by atoms with E-state index in [-0.39, 0.29) is 10.8 Å². The Kier molecular flexibility index (Phi) is 2.30. The summed E-state index contributed by atoms with van der Waals surface area (Å²) >= 11 is 5.58. The summed E-state index contributed by atoms with van der Waals surface area (Å²) in [6.07, 6.45) is 0. The molecule has 0 aromatic rings. The summed E-state index contributed by atoms with van der Waals surface area (Å²) in [4.78, 5) is 0. The zero-order valence-electron chi connectivity index (χ0n) is 5.40. The van der Waals surface area contributed by atoms with Crippen LogP contribution in [0.1, 0.15) is 20.8 Å². The van der Waals surface area contributed by atoms with E-state index in [0.29, 0.717) is 0 Å². The Morgan fingerprint density at radius 3 is 1.88 bits per heavy atom. The van der Waals surface area contributed by atoms with Gasteiger partial charge in [-0.2, -0.15) is 5.26 Å². The Balaban J connectivity index is 3.87. The van der Waals surface area contributed by atoms with Crippen LogP contribution in [0, 0.1) is 16.7 Å². The van der Waals surface area contributed by atoms with Crippen LogP contribution < -0.4 is 0 Å². The third-order valence-electron chi connectivity index (χ3n) is 0.874. The lowest BCUT2D eigenvalue weighted by Crippen LogP contribution is -2.18. The molecule has 0 N–H and O–H groups in total. The van der Waals surface area contributed by atoms with Gasteiger partial charge in [-0.1, -0.05) is 20.8 Å². The minimum absolute atomic E-state index is 0.0870. The highest BCUT2D eigenvalue weighted by Gasteiger charge is 2.20. The molecule has 1 unspecified atom stereocenters. The van der Waals surface area contributed by atoms with Crippen LogP contribution in [0.3, 0.4) is 0 Å². The first-order chi connectivity index (χ1) is 3.48. The molecular weight excluding hydrogens is 122 g/mol. The molecule has 0 fully saturated rings. The smallest absolute Gasteiger partial charge is 0.125 e. The SMILES string of the molecule is CC(C)(C)C(Cl)C#N. The second kappa shape index (κ2) is 2.37. The van der Waals surface area contributed by atoms with E-state index in [1.165, 1.54) is 0 Å². The van der Waals surface area contributed by atoms with Crippen LogP contribution >= 0.6 is 11.6 Å². The second-order valence-corrected chi connectivity index (χ2v) is 3.29. The van der Waals surface area contributed by atoms with Gasteiger partial charge >= 0.3 is 0 Å². The largest absolute Gasteiger partial charge is 0.197 e. The van der Waals surface area contributed by atoms with Crippen LogP contribution in [0.15, 0.2) is 0 Å². The van der Waals surface area contributed by atoms with E-state index in [1.807, 2.05) is 26.8 Å². The molecular formula is C6H10ClN. The monoisotopic (exact) mass is 131 g/mol. The van der Waals surface area contributed by atoms with Crippen molar-refractivity contribution in [2.45, 2.75) is 26.1 Å². The minimum Gasteiger partial charge on any atom is -0.197 e. The van der Waals surface area contributed by atoms with Crippen LogP contribution in [0.2, 0.25) is 0 Å². The van der Waals surface area contributed by atoms with E-state index >= 15 is 0 Å². The number of nitriles is 1. The van der Waals surface area contributed by atoms with Crippen LogP contribution in [0.4, 0.5) is 0 Å². The zero-order valence-corrected chi connectivity index (χ0v) is 6.16. The predicted octanol–water partition coefficient (Wildman–Crippen LogP) is 2.16. The van der Waals surface area contributed by atoms with Gasteiger partial charge in [0.15, 0.2) is 0 Å². The molecule has 2 heteroatoms. The van der Waals surface area contributed by atoms with E-state index in [2.05, 4.69) is 0 Å². The Bertz CT molecular complexity index is 107. The highest BCUT2D eigenvalue weighted by molar-refractivity contribution is 6.22. The van der Waals surface area contributed by atoms with E-state index in [1.54, 1.807) is 0 Å². The van der Waals surface area contributed by atoms with Crippen molar-refractivity contribution in [2.24, 2.45) is 5.41 Å². The molecule has 1 atom stereocenters. The molecule has 0 aromatic carbocycles. The summed E-state index contributed by atoms with van der Waals surface area (Å²) in [5, 5.41) is 7.92. The average Bonchev–Trinajstić information content (AvgIpc) is 1.62. The summed E-state index contributed by atoms with van der Waals surface area (Å²) in [6.45, 7) is 5.82. The summed E-state index contributed by atoms with van der Waals surface area (Å²) in [5.74, 6) is 0. The van der Waals surface area contributed by atoms with Crippen molar-refractivity contribution in [2.75, 3.05) is 0 Å². The molecule has 0 aliphatic carbocycles. The molecule has 0 aliphatic rings. The van der Waals surface area contributed by atoms with Gasteiger partial charge < -0.3 is 0 Å². The third-order valence-corrected chi connectivity index (χ3v) is 1.63. The zero-order chi connectivity index (χ0) is 6.78. The van der Waals surface area contributed by atoms with Gasteiger partial charge in [-0.15, -0.1) is 11.6 Å². The van der Waals surface area contributed by atoms with Gasteiger partial charge in [-0.05, 0) is 5.41 Å². The van der Waals surface area contributed by atoms with Gasteiger partial charge in [0.1, 0.15) is 5.38 Å². The lowest BCUT2D eigenvalue weighted by molar-refractivity contribution is 0.432. The fraction of sp³-hybridized carbons (Fsp3) is 0.833. The Morgan fingerprint density at radius 2 is 1.88 bits per heavy atom. The summed E-state index contributed by atoms with van der Waals surface area (Å²) in [7, 11) is 0. The maximum atomic E-state index is 8.29. The molecule has 0 rings (SSSR count). The van der Waals surface area contributed by atoms with Gasteiger partial charge in [0.05, 0.1) is 6.07 Å². The van der Waals surface area contributed by atoms with Crippen molar-refractivity contribution in [3.05, 3.63) is 0 Å². The summed E-state index contributed by atoms with van der Waals surface area (Å²) < 4.78 is 0. The first-order valence-electron chi connectivity index (χ1n) is 2.52. The molecule has 0 aromatic heterocycles. The fourth-order valence-electron chi connectivity index (χ4n) is 0.194. The number of alkyl halides is 1. The lowest BCUT2D eigenvalue weighted by Gasteiger charge is -2.17. The predicted molar refractivity (Wildman–Crippen MR) is 34.7 cm³/mol. The molecule has 0 bridgehead atoms. The third kappa shape index (κ3) is 2.18. The Morgan fingerprint density at radius 1 is 1.50 bits per heavy atom. The molecule has 46 valence electrons. The Labute approximate surface area is 55.3 Å². The van der Waals surface area contributed by atoms with Crippen molar-refractivity contribution in [3.63, 3.8) is 0 Å². The van der Waals surface area contributed by atoms with Crippen LogP contribution in [0.25, 0.3) is 0 Å². The van der Waals surface area contributed by atoms with Gasteiger partial charge in [-0.25, -0.2) is 0 Å². The maximum Gasteiger partial charge on any atom is 0.125 e. The topological polar surface area (TPSA) is 23.8 Å². The van der Waals surface area contributed by atoms with Gasteiger partial charge in [0.25, 0.3) is 0 Å². The number of hydrogen-bond acceptors (Lipinski definition) is 1. The van der Waals surface area contributed by atoms with Gasteiger partial charge in [0.2, 0.25) is 0 Å². The molecule has 0 heterocycles. The molecule has 1 nitrogen and oxygen atoms in total. The van der Waals surface area contributed by atoms with Crippen LogP contribution in [-0.4, -0.2) is 5.38 Å². The lowest BCUT2D eigenvalue weighted by atomic mass is 9.93. The highest BCUT2D eigenvalue weighted by Crippen LogP contribution is 2.22. The van der Waals surface area contributed by atoms with Gasteiger partial charge in [-0.3, -0.25) is 0 Å². The fourth-order valence-corrected chi connectivity index (χ4v) is 0.194. The molecule has 0 saturated heterocycles. The summed E-state index contributed by atoms with van der Waals surface area (Å²) in [6, 6.07) is 1.97. The standard InChI is InChI=1S/C6H10ClN/c1-6(2,3)5(7)4-8/h5H,1-3H3. The number of nitrogens with zero attached hydrogens (tertiary/aromatic N) is 1. The normalized spacial score (nSPS) is 14.9. The van der Waals surface area contributed by atoms with E-state index in [4.69, 9.17) is 16.9 Å². The van der Waals surface area contributed by atoms with Crippen molar-refractivity contribution in [1.29, 1.82) is 5.26 Å². The van der Waals surface area contributed by atoms with Gasteiger partial charge in [0, 0.05) is 0 Å². The second-order valence-electron chi connectivity index (χ2n) is 2.86. The molecule has 0 spiro atoms. The van der Waals surface area contributed by atoms with E-state index in [0.717, 1.165) is 0 Å². The van der Waals surface area contributed by atoms with Crippen molar-refractivity contribution in [3.8, 4) is 6.07 Å². The average molecular weight is 132 g/mol. The van der Waals surface area contributed by atoms with E-state index in [9.17, 15) is 0 Å². The number of halogens is 1. The molecule has 0 radical (unpaired) electrons. The first kappa shape index (κ1) is 7.78. The quantitative estimate of drug-likeness (QED) is 0.463. The molecule has 0 amide bonds. The molecule has 0 aliphatic heterocycles. The highest BCUT2D eigenvalue weighted by atomic mass is 35.5. The Hall–Kier alpha value is -0.220. The van der Waals surface area contributed by atoms with E-state index < -0.39 is 0 Å². The molecule has 8 heavy (non-hydrogen) atoms.